The van der Waals surface area contributed by atoms with E-state index in [9.17, 15) is 13.5 Å². The molecule has 1 heterocycles. The molecule has 2 aromatic carbocycles. The lowest BCUT2D eigenvalue weighted by atomic mass is 9.93. The van der Waals surface area contributed by atoms with Crippen molar-refractivity contribution in [3.05, 3.63) is 77.4 Å². The van der Waals surface area contributed by atoms with Crippen molar-refractivity contribution >= 4 is 15.6 Å². The third-order valence-corrected chi connectivity index (χ3v) is 6.74. The van der Waals surface area contributed by atoms with E-state index in [0.717, 1.165) is 28.0 Å². The summed E-state index contributed by atoms with van der Waals surface area (Å²) in [5.41, 5.74) is 4.08. The third-order valence-electron chi connectivity index (χ3n) is 4.91. The largest absolute Gasteiger partial charge is 0.497 e. The molecule has 0 aromatic heterocycles. The number of allylic oxidation sites excluding steroid dienone is 2. The number of hydrogen-bond acceptors (Lipinski definition) is 4. The Balaban J connectivity index is 1.99. The summed E-state index contributed by atoms with van der Waals surface area (Å²) in [4.78, 5) is 0.230. The number of aryl methyl sites for hydroxylation is 1. The molecule has 5 nitrogen and oxygen atoms in total. The molecule has 0 spiro atoms. The van der Waals surface area contributed by atoms with Crippen LogP contribution in [-0.2, 0) is 10.0 Å². The number of benzene rings is 2. The maximum absolute atomic E-state index is 13.0. The van der Waals surface area contributed by atoms with Crippen LogP contribution < -0.4 is 4.74 Å². The minimum atomic E-state index is -3.68. The van der Waals surface area contributed by atoms with Crippen molar-refractivity contribution < 1.29 is 18.3 Å². The van der Waals surface area contributed by atoms with Crippen molar-refractivity contribution in [2.24, 2.45) is 0 Å². The maximum atomic E-state index is 13.0. The molecule has 0 bridgehead atoms. The Morgan fingerprint density at radius 1 is 1.14 bits per heavy atom. The van der Waals surface area contributed by atoms with Crippen molar-refractivity contribution in [1.29, 1.82) is 0 Å². The lowest BCUT2D eigenvalue weighted by Crippen LogP contribution is -2.29. The molecule has 0 radical (unpaired) electrons. The van der Waals surface area contributed by atoms with Crippen LogP contribution in [0.1, 0.15) is 18.1 Å². The molecule has 1 aliphatic rings. The van der Waals surface area contributed by atoms with Crippen LogP contribution in [0.3, 0.4) is 0 Å². The SMILES string of the molecule is C=C(C)/C(=C1\CN(S(=O)(=O)c2ccc(C)cc2)CC1O)c1ccc(OC)cc1. The minimum Gasteiger partial charge on any atom is -0.497 e. The quantitative estimate of drug-likeness (QED) is 0.837. The second-order valence-electron chi connectivity index (χ2n) is 7.04. The number of nitrogens with zero attached hydrogens (tertiary/aromatic N) is 1. The van der Waals surface area contributed by atoms with Gasteiger partial charge in [-0.1, -0.05) is 42.0 Å². The molecule has 1 aliphatic heterocycles. The smallest absolute Gasteiger partial charge is 0.243 e. The zero-order valence-electron chi connectivity index (χ0n) is 16.3. The van der Waals surface area contributed by atoms with Gasteiger partial charge in [-0.2, -0.15) is 4.31 Å². The number of aliphatic hydroxyl groups excluding tert-OH is 1. The zero-order valence-corrected chi connectivity index (χ0v) is 17.2. The molecule has 28 heavy (non-hydrogen) atoms. The molecule has 1 atom stereocenters. The van der Waals surface area contributed by atoms with Crippen molar-refractivity contribution in [1.82, 2.24) is 4.31 Å². The molecule has 1 fully saturated rings. The van der Waals surface area contributed by atoms with Gasteiger partial charge in [0.15, 0.2) is 0 Å². The van der Waals surface area contributed by atoms with Crippen molar-refractivity contribution in [3.8, 4) is 5.75 Å². The molecule has 0 amide bonds. The second kappa shape index (κ2) is 7.91. The van der Waals surface area contributed by atoms with Crippen molar-refractivity contribution in [2.45, 2.75) is 24.8 Å². The van der Waals surface area contributed by atoms with Gasteiger partial charge in [0.1, 0.15) is 5.75 Å². The van der Waals surface area contributed by atoms with Gasteiger partial charge < -0.3 is 9.84 Å². The fourth-order valence-corrected chi connectivity index (χ4v) is 4.84. The maximum Gasteiger partial charge on any atom is 0.243 e. The Hall–Kier alpha value is -2.41. The molecule has 0 saturated carbocycles. The number of aliphatic hydroxyl groups is 1. The van der Waals surface area contributed by atoms with Crippen LogP contribution in [0.5, 0.6) is 5.75 Å². The lowest BCUT2D eigenvalue weighted by molar-refractivity contribution is 0.217. The Morgan fingerprint density at radius 2 is 1.75 bits per heavy atom. The van der Waals surface area contributed by atoms with Crippen LogP contribution in [0.4, 0.5) is 0 Å². The van der Waals surface area contributed by atoms with Gasteiger partial charge in [0.25, 0.3) is 0 Å². The highest BCUT2D eigenvalue weighted by atomic mass is 32.2. The average molecular weight is 400 g/mol. The monoisotopic (exact) mass is 399 g/mol. The number of methoxy groups -OCH3 is 1. The molecule has 0 aliphatic carbocycles. The first-order valence-electron chi connectivity index (χ1n) is 9.02. The molecule has 148 valence electrons. The molecule has 3 rings (SSSR count). The molecule has 1 saturated heterocycles. The van der Waals surface area contributed by atoms with E-state index in [1.54, 1.807) is 31.4 Å². The number of hydrogen-bond donors (Lipinski definition) is 1. The van der Waals surface area contributed by atoms with Crippen LogP contribution in [-0.4, -0.2) is 44.1 Å². The van der Waals surface area contributed by atoms with E-state index in [2.05, 4.69) is 6.58 Å². The van der Waals surface area contributed by atoms with Crippen LogP contribution >= 0.6 is 0 Å². The summed E-state index contributed by atoms with van der Waals surface area (Å²) in [5, 5.41) is 10.7. The highest BCUT2D eigenvalue weighted by molar-refractivity contribution is 7.89. The van der Waals surface area contributed by atoms with Crippen molar-refractivity contribution in [3.63, 3.8) is 0 Å². The molecule has 1 unspecified atom stereocenters. The molecular formula is C22H25NO4S. The number of rotatable bonds is 5. The normalized spacial score (nSPS) is 19.5. The van der Waals surface area contributed by atoms with E-state index in [1.165, 1.54) is 4.31 Å². The van der Waals surface area contributed by atoms with Crippen molar-refractivity contribution in [2.75, 3.05) is 20.2 Å². The molecular weight excluding hydrogens is 374 g/mol. The summed E-state index contributed by atoms with van der Waals surface area (Å²) in [6.45, 7) is 7.96. The van der Waals surface area contributed by atoms with E-state index >= 15 is 0 Å². The van der Waals surface area contributed by atoms with Crippen LogP contribution in [0.15, 0.2) is 71.2 Å². The van der Waals surface area contributed by atoms with Gasteiger partial charge in [0.05, 0.1) is 18.1 Å². The van der Waals surface area contributed by atoms with Gasteiger partial charge in [-0.3, -0.25) is 0 Å². The summed E-state index contributed by atoms with van der Waals surface area (Å²) >= 11 is 0. The Bertz CT molecular complexity index is 1010. The first-order valence-corrected chi connectivity index (χ1v) is 10.5. The van der Waals surface area contributed by atoms with E-state index in [-0.39, 0.29) is 18.0 Å². The molecule has 1 N–H and O–H groups in total. The van der Waals surface area contributed by atoms with Crippen LogP contribution in [0.2, 0.25) is 0 Å². The number of β-amino-alcohol motifs (C(OH)–C–C–N with tert-alkyl or cyclic N) is 1. The van der Waals surface area contributed by atoms with Crippen LogP contribution in [0, 0.1) is 6.92 Å². The fourth-order valence-electron chi connectivity index (χ4n) is 3.41. The van der Waals surface area contributed by atoms with Gasteiger partial charge in [0.2, 0.25) is 10.0 Å². The number of sulfonamides is 1. The zero-order chi connectivity index (χ0) is 20.5. The molecule has 6 heteroatoms. The summed E-state index contributed by atoms with van der Waals surface area (Å²) in [6.07, 6.45) is -0.881. The highest BCUT2D eigenvalue weighted by Crippen LogP contribution is 2.34. The van der Waals surface area contributed by atoms with Gasteiger partial charge in [-0.05, 0) is 54.8 Å². The minimum absolute atomic E-state index is 0.0263. The van der Waals surface area contributed by atoms with Gasteiger partial charge in [-0.15, -0.1) is 0 Å². The van der Waals surface area contributed by atoms with Crippen LogP contribution in [0.25, 0.3) is 5.57 Å². The Labute approximate surface area is 166 Å². The van der Waals surface area contributed by atoms with E-state index in [4.69, 9.17) is 4.74 Å². The standard InChI is InChI=1S/C22H25NO4S/c1-15(2)22(17-7-9-18(27-4)10-8-17)20-13-23(14-21(20)24)28(25,26)19-11-5-16(3)6-12-19/h5-12,21,24H,1,13-14H2,2-4H3/b22-20-. The first-order chi connectivity index (χ1) is 13.2. The van der Waals surface area contributed by atoms with Gasteiger partial charge >= 0.3 is 0 Å². The summed E-state index contributed by atoms with van der Waals surface area (Å²) in [6, 6.07) is 14.2. The summed E-state index contributed by atoms with van der Waals surface area (Å²) in [7, 11) is -2.08. The number of ether oxygens (including phenoxy) is 1. The van der Waals surface area contributed by atoms with E-state index < -0.39 is 16.1 Å². The topological polar surface area (TPSA) is 66.8 Å². The second-order valence-corrected chi connectivity index (χ2v) is 8.97. The Kier molecular flexibility index (Phi) is 5.74. The lowest BCUT2D eigenvalue weighted by Gasteiger charge is -2.16. The van der Waals surface area contributed by atoms with Gasteiger partial charge in [-0.25, -0.2) is 8.42 Å². The van der Waals surface area contributed by atoms with E-state index in [0.29, 0.717) is 5.57 Å². The van der Waals surface area contributed by atoms with Gasteiger partial charge in [0, 0.05) is 13.1 Å². The fraction of sp³-hybridized carbons (Fsp3) is 0.273. The summed E-state index contributed by atoms with van der Waals surface area (Å²) in [5.74, 6) is 0.727. The Morgan fingerprint density at radius 3 is 2.29 bits per heavy atom. The predicted octanol–water partition coefficient (Wildman–Crippen LogP) is 3.40. The third kappa shape index (κ3) is 3.90. The molecule has 2 aromatic rings. The van der Waals surface area contributed by atoms with E-state index in [1.807, 2.05) is 38.1 Å². The highest BCUT2D eigenvalue weighted by Gasteiger charge is 2.36. The average Bonchev–Trinajstić information content (AvgIpc) is 3.05. The first kappa shape index (κ1) is 20.3. The predicted molar refractivity (Wildman–Crippen MR) is 111 cm³/mol. The summed E-state index contributed by atoms with van der Waals surface area (Å²) < 4.78 is 32.5.